The van der Waals surface area contributed by atoms with Crippen LogP contribution in [0, 0.1) is 12.7 Å². The van der Waals surface area contributed by atoms with Crippen molar-refractivity contribution in [1.82, 2.24) is 15.0 Å². The van der Waals surface area contributed by atoms with Crippen LogP contribution >= 0.6 is 11.3 Å². The number of pyridine rings is 1. The summed E-state index contributed by atoms with van der Waals surface area (Å²) in [7, 11) is 0. The van der Waals surface area contributed by atoms with Crippen LogP contribution in [0.15, 0.2) is 72.4 Å². The predicted molar refractivity (Wildman–Crippen MR) is 121 cm³/mol. The second-order valence-electron chi connectivity index (χ2n) is 7.03. The van der Waals surface area contributed by atoms with E-state index in [1.54, 1.807) is 24.3 Å². The van der Waals surface area contributed by atoms with Gasteiger partial charge in [-0.2, -0.15) is 0 Å². The van der Waals surface area contributed by atoms with E-state index in [0.717, 1.165) is 27.9 Å². The van der Waals surface area contributed by atoms with Gasteiger partial charge in [0.05, 0.1) is 11.1 Å². The monoisotopic (exact) mass is 412 g/mol. The average molecular weight is 412 g/mol. The lowest BCUT2D eigenvalue weighted by Crippen LogP contribution is -1.98. The Morgan fingerprint density at radius 3 is 2.40 bits per heavy atom. The topological polar surface area (TPSA) is 64.7 Å². The summed E-state index contributed by atoms with van der Waals surface area (Å²) < 4.78 is 14.3. The molecule has 4 nitrogen and oxygen atoms in total. The minimum atomic E-state index is -0.260. The summed E-state index contributed by atoms with van der Waals surface area (Å²) in [5.41, 5.74) is 11.5. The fourth-order valence-electron chi connectivity index (χ4n) is 3.44. The summed E-state index contributed by atoms with van der Waals surface area (Å²) in [6.07, 6.45) is 1.40. The molecule has 0 saturated heterocycles. The minimum Gasteiger partial charge on any atom is -0.383 e. The third kappa shape index (κ3) is 3.21. The molecular formula is C24H17FN4S. The number of benzene rings is 2. The number of rotatable bonds is 3. The molecule has 0 aliphatic carbocycles. The molecule has 30 heavy (non-hydrogen) atoms. The van der Waals surface area contributed by atoms with Crippen LogP contribution in [0.1, 0.15) is 5.56 Å². The highest BCUT2D eigenvalue weighted by Gasteiger charge is 2.15. The van der Waals surface area contributed by atoms with E-state index in [4.69, 9.17) is 10.7 Å². The highest BCUT2D eigenvalue weighted by molar-refractivity contribution is 7.13. The summed E-state index contributed by atoms with van der Waals surface area (Å²) in [6, 6.07) is 19.4. The number of fused-ring (bicyclic) bond motifs is 1. The van der Waals surface area contributed by atoms with Crippen LogP contribution in [0.4, 0.5) is 10.2 Å². The molecular weight excluding hydrogens is 395 g/mol. The van der Waals surface area contributed by atoms with Gasteiger partial charge in [0.1, 0.15) is 18.0 Å². The molecule has 3 aromatic heterocycles. The molecule has 3 heterocycles. The molecule has 146 valence electrons. The van der Waals surface area contributed by atoms with Crippen molar-refractivity contribution in [2.24, 2.45) is 0 Å². The predicted octanol–water partition coefficient (Wildman–Crippen LogP) is 6.12. The molecule has 2 aromatic carbocycles. The molecule has 0 fully saturated rings. The molecule has 0 atom stereocenters. The van der Waals surface area contributed by atoms with Crippen LogP contribution < -0.4 is 5.73 Å². The number of aryl methyl sites for hydroxylation is 1. The van der Waals surface area contributed by atoms with Gasteiger partial charge in [0.15, 0.2) is 5.65 Å². The Labute approximate surface area is 176 Å². The van der Waals surface area contributed by atoms with E-state index in [-0.39, 0.29) is 5.82 Å². The largest absolute Gasteiger partial charge is 0.383 e. The van der Waals surface area contributed by atoms with Gasteiger partial charge in [0.2, 0.25) is 0 Å². The van der Waals surface area contributed by atoms with Gasteiger partial charge in [-0.05, 0) is 47.2 Å². The first kappa shape index (κ1) is 18.4. The summed E-state index contributed by atoms with van der Waals surface area (Å²) in [4.78, 5) is 14.3. The van der Waals surface area contributed by atoms with Crippen LogP contribution in [0.2, 0.25) is 0 Å². The summed E-state index contributed by atoms with van der Waals surface area (Å²) in [5, 5.41) is 2.70. The Balaban J connectivity index is 1.72. The first-order chi connectivity index (χ1) is 14.6. The summed E-state index contributed by atoms with van der Waals surface area (Å²) in [6.45, 7) is 1.74. The Morgan fingerprint density at radius 1 is 0.900 bits per heavy atom. The second-order valence-corrected chi connectivity index (χ2v) is 7.98. The van der Waals surface area contributed by atoms with Crippen LogP contribution in [0.25, 0.3) is 43.9 Å². The summed E-state index contributed by atoms with van der Waals surface area (Å²) >= 11 is 1.70. The van der Waals surface area contributed by atoms with Gasteiger partial charge in [-0.3, -0.25) is 0 Å². The number of hydrogen-bond acceptors (Lipinski definition) is 5. The zero-order valence-corrected chi connectivity index (χ0v) is 16.9. The zero-order chi connectivity index (χ0) is 20.7. The van der Waals surface area contributed by atoms with Crippen molar-refractivity contribution in [3.8, 4) is 32.8 Å². The molecule has 6 heteroatoms. The van der Waals surface area contributed by atoms with Gasteiger partial charge in [-0.15, -0.1) is 11.3 Å². The van der Waals surface area contributed by atoms with E-state index in [0.29, 0.717) is 22.4 Å². The minimum absolute atomic E-state index is 0.260. The number of nitrogens with two attached hydrogens (primary N) is 1. The van der Waals surface area contributed by atoms with E-state index >= 15 is 0 Å². The van der Waals surface area contributed by atoms with Gasteiger partial charge in [0.25, 0.3) is 0 Å². The molecule has 2 N–H and O–H groups in total. The maximum Gasteiger partial charge on any atom is 0.165 e. The fourth-order valence-corrected chi connectivity index (χ4v) is 4.17. The normalized spacial score (nSPS) is 11.1. The van der Waals surface area contributed by atoms with E-state index in [1.807, 2.05) is 30.3 Å². The highest BCUT2D eigenvalue weighted by atomic mass is 32.1. The lowest BCUT2D eigenvalue weighted by Gasteiger charge is -2.13. The molecule has 5 aromatic rings. The van der Waals surface area contributed by atoms with Crippen molar-refractivity contribution in [3.63, 3.8) is 0 Å². The van der Waals surface area contributed by atoms with Gasteiger partial charge < -0.3 is 5.73 Å². The van der Waals surface area contributed by atoms with Gasteiger partial charge in [-0.1, -0.05) is 42.5 Å². The smallest absolute Gasteiger partial charge is 0.165 e. The maximum absolute atomic E-state index is 14.3. The second kappa shape index (κ2) is 7.31. The van der Waals surface area contributed by atoms with Crippen LogP contribution in [-0.4, -0.2) is 15.0 Å². The Hall–Kier alpha value is -3.64. The Morgan fingerprint density at radius 2 is 1.67 bits per heavy atom. The van der Waals surface area contributed by atoms with E-state index in [9.17, 15) is 4.39 Å². The number of halogens is 1. The Kier molecular flexibility index (Phi) is 4.48. The number of aromatic nitrogens is 3. The van der Waals surface area contributed by atoms with Crippen molar-refractivity contribution >= 4 is 28.2 Å². The standard InChI is InChI=1S/C24H17FN4S/c1-14-4-5-17(11-20(14)25)18-12-19-23(26)27-13-28-24(19)29-22(18)16-8-6-15(7-9-16)21-3-2-10-30-21/h2-13H,1H3,(H2,26,27,28,29). The van der Waals surface area contributed by atoms with Crippen LogP contribution in [-0.2, 0) is 0 Å². The first-order valence-electron chi connectivity index (χ1n) is 9.42. The van der Waals surface area contributed by atoms with Crippen molar-refractivity contribution in [1.29, 1.82) is 0 Å². The van der Waals surface area contributed by atoms with E-state index in [1.165, 1.54) is 17.3 Å². The maximum atomic E-state index is 14.3. The molecule has 0 saturated carbocycles. The van der Waals surface area contributed by atoms with E-state index in [2.05, 4.69) is 33.5 Å². The van der Waals surface area contributed by atoms with Crippen molar-refractivity contribution in [2.75, 3.05) is 5.73 Å². The highest BCUT2D eigenvalue weighted by Crippen LogP contribution is 2.36. The third-order valence-electron chi connectivity index (χ3n) is 5.10. The number of nitrogen functional groups attached to an aromatic ring is 1. The Bertz CT molecular complexity index is 1360. The molecule has 5 rings (SSSR count). The molecule has 0 bridgehead atoms. The fraction of sp³-hybridized carbons (Fsp3) is 0.0417. The summed E-state index contributed by atoms with van der Waals surface area (Å²) in [5.74, 6) is 0.0878. The van der Waals surface area contributed by atoms with Crippen molar-refractivity contribution in [2.45, 2.75) is 6.92 Å². The first-order valence-corrected chi connectivity index (χ1v) is 10.3. The van der Waals surface area contributed by atoms with E-state index < -0.39 is 0 Å². The molecule has 0 spiro atoms. The lowest BCUT2D eigenvalue weighted by molar-refractivity contribution is 0.619. The molecule has 0 aliphatic rings. The molecule has 0 amide bonds. The quantitative estimate of drug-likeness (QED) is 0.388. The number of anilines is 1. The number of nitrogens with zero attached hydrogens (tertiary/aromatic N) is 3. The molecule has 0 unspecified atom stereocenters. The average Bonchev–Trinajstić information content (AvgIpc) is 3.30. The van der Waals surface area contributed by atoms with Crippen LogP contribution in [0.3, 0.4) is 0 Å². The number of thiophene rings is 1. The lowest BCUT2D eigenvalue weighted by atomic mass is 9.96. The molecule has 0 radical (unpaired) electrons. The van der Waals surface area contributed by atoms with Gasteiger partial charge in [-0.25, -0.2) is 19.3 Å². The van der Waals surface area contributed by atoms with Crippen molar-refractivity contribution in [3.05, 3.63) is 83.8 Å². The third-order valence-corrected chi connectivity index (χ3v) is 6.02. The van der Waals surface area contributed by atoms with Gasteiger partial charge in [0, 0.05) is 16.0 Å². The molecule has 0 aliphatic heterocycles. The zero-order valence-electron chi connectivity index (χ0n) is 16.1. The van der Waals surface area contributed by atoms with Crippen molar-refractivity contribution < 1.29 is 4.39 Å². The van der Waals surface area contributed by atoms with Crippen LogP contribution in [0.5, 0.6) is 0 Å². The van der Waals surface area contributed by atoms with Gasteiger partial charge >= 0.3 is 0 Å². The SMILES string of the molecule is Cc1ccc(-c2cc3c(N)ncnc3nc2-c2ccc(-c3cccs3)cc2)cc1F. The number of hydrogen-bond donors (Lipinski definition) is 1.